The maximum Gasteiger partial charge on any atom is 0.0471 e. The Morgan fingerprint density at radius 3 is 1.77 bits per heavy atom. The number of benzene rings is 3. The van der Waals surface area contributed by atoms with Gasteiger partial charge in [0.2, 0.25) is 0 Å². The fraction of sp³-hybridized carbons (Fsp3) is 0.167. The summed E-state index contributed by atoms with van der Waals surface area (Å²) in [6, 6.07) is 29.4. The van der Waals surface area contributed by atoms with E-state index in [0.29, 0.717) is 12.3 Å². The summed E-state index contributed by atoms with van der Waals surface area (Å²) in [5, 5.41) is 9.16. The highest BCUT2D eigenvalue weighted by Gasteiger charge is 2.13. The van der Waals surface area contributed by atoms with Gasteiger partial charge in [-0.15, -0.1) is 11.6 Å². The first-order chi connectivity index (χ1) is 12.8. The average Bonchev–Trinajstić information content (AvgIpc) is 2.70. The second kappa shape index (κ2) is 9.38. The van der Waals surface area contributed by atoms with Crippen LogP contribution in [0, 0.1) is 0 Å². The van der Waals surface area contributed by atoms with Crippen molar-refractivity contribution in [3.63, 3.8) is 0 Å². The van der Waals surface area contributed by atoms with Crippen LogP contribution in [0.4, 0.5) is 0 Å². The fourth-order valence-electron chi connectivity index (χ4n) is 3.23. The fourth-order valence-corrected chi connectivity index (χ4v) is 3.42. The predicted molar refractivity (Wildman–Crippen MR) is 111 cm³/mol. The van der Waals surface area contributed by atoms with E-state index in [-0.39, 0.29) is 6.61 Å². The van der Waals surface area contributed by atoms with E-state index in [4.69, 9.17) is 16.7 Å². The normalized spacial score (nSPS) is 11.9. The second-order valence-corrected chi connectivity index (χ2v) is 6.57. The number of aliphatic hydroxyl groups is 1. The molecule has 0 unspecified atom stereocenters. The molecule has 0 radical (unpaired) electrons. The van der Waals surface area contributed by atoms with Gasteiger partial charge in [-0.3, -0.25) is 0 Å². The summed E-state index contributed by atoms with van der Waals surface area (Å²) in [6.45, 7) is 0.169. The van der Waals surface area contributed by atoms with Crippen molar-refractivity contribution >= 4 is 22.7 Å². The minimum atomic E-state index is 0.169. The molecule has 0 aliphatic heterocycles. The molecule has 0 heterocycles. The Morgan fingerprint density at radius 2 is 1.23 bits per heavy atom. The smallest absolute Gasteiger partial charge is 0.0471 e. The van der Waals surface area contributed by atoms with Crippen molar-refractivity contribution in [1.29, 1.82) is 0 Å². The Labute approximate surface area is 160 Å². The topological polar surface area (TPSA) is 20.2 Å². The SMILES string of the molecule is OCCc1ccc(/C(=C(/CCCl)c2ccccc2)c2ccccc2)cc1. The van der Waals surface area contributed by atoms with E-state index in [1.807, 2.05) is 12.1 Å². The Hall–Kier alpha value is -2.35. The molecule has 132 valence electrons. The van der Waals surface area contributed by atoms with Crippen LogP contribution in [-0.2, 0) is 6.42 Å². The monoisotopic (exact) mass is 362 g/mol. The minimum Gasteiger partial charge on any atom is -0.396 e. The summed E-state index contributed by atoms with van der Waals surface area (Å²) in [7, 11) is 0. The lowest BCUT2D eigenvalue weighted by molar-refractivity contribution is 0.299. The number of alkyl halides is 1. The molecule has 0 bridgehead atoms. The van der Waals surface area contributed by atoms with Crippen LogP contribution in [0.2, 0.25) is 0 Å². The molecule has 3 aromatic rings. The van der Waals surface area contributed by atoms with Crippen molar-refractivity contribution < 1.29 is 5.11 Å². The first-order valence-corrected chi connectivity index (χ1v) is 9.47. The third-order valence-corrected chi connectivity index (χ3v) is 4.66. The molecule has 0 amide bonds. The van der Waals surface area contributed by atoms with Crippen LogP contribution in [0.1, 0.15) is 28.7 Å². The molecule has 0 aliphatic carbocycles. The van der Waals surface area contributed by atoms with Crippen molar-refractivity contribution in [3.05, 3.63) is 107 Å². The first kappa shape index (κ1) is 18.4. The number of hydrogen-bond donors (Lipinski definition) is 1. The Morgan fingerprint density at radius 1 is 0.692 bits per heavy atom. The lowest BCUT2D eigenvalue weighted by Crippen LogP contribution is -1.97. The van der Waals surface area contributed by atoms with Crippen LogP contribution in [-0.4, -0.2) is 17.6 Å². The molecule has 0 atom stereocenters. The number of rotatable bonds is 7. The molecule has 0 saturated heterocycles. The molecule has 3 rings (SSSR count). The largest absolute Gasteiger partial charge is 0.396 e. The zero-order chi connectivity index (χ0) is 18.2. The lowest BCUT2D eigenvalue weighted by Gasteiger charge is -2.17. The van der Waals surface area contributed by atoms with Gasteiger partial charge in [0.1, 0.15) is 0 Å². The summed E-state index contributed by atoms with van der Waals surface area (Å²) < 4.78 is 0. The average molecular weight is 363 g/mol. The zero-order valence-electron chi connectivity index (χ0n) is 14.7. The number of hydrogen-bond acceptors (Lipinski definition) is 1. The van der Waals surface area contributed by atoms with Gasteiger partial charge in [-0.2, -0.15) is 0 Å². The second-order valence-electron chi connectivity index (χ2n) is 6.20. The van der Waals surface area contributed by atoms with Gasteiger partial charge in [-0.25, -0.2) is 0 Å². The highest BCUT2D eigenvalue weighted by molar-refractivity contribution is 6.18. The van der Waals surface area contributed by atoms with E-state index in [0.717, 1.165) is 12.0 Å². The predicted octanol–water partition coefficient (Wildman–Crippen LogP) is 5.81. The molecule has 0 aliphatic rings. The maximum absolute atomic E-state index is 9.16. The Balaban J connectivity index is 2.19. The summed E-state index contributed by atoms with van der Waals surface area (Å²) in [5.74, 6) is 0.573. The highest BCUT2D eigenvalue weighted by atomic mass is 35.5. The van der Waals surface area contributed by atoms with Gasteiger partial charge in [-0.05, 0) is 46.2 Å². The summed E-state index contributed by atoms with van der Waals surface area (Å²) >= 11 is 6.17. The van der Waals surface area contributed by atoms with Crippen LogP contribution in [0.5, 0.6) is 0 Å². The van der Waals surface area contributed by atoms with E-state index >= 15 is 0 Å². The molecule has 0 spiro atoms. The van der Waals surface area contributed by atoms with Crippen LogP contribution < -0.4 is 0 Å². The summed E-state index contributed by atoms with van der Waals surface area (Å²) in [5.41, 5.74) is 7.16. The van der Waals surface area contributed by atoms with Crippen molar-refractivity contribution in [2.24, 2.45) is 0 Å². The molecule has 26 heavy (non-hydrogen) atoms. The molecule has 0 fully saturated rings. The van der Waals surface area contributed by atoms with Gasteiger partial charge in [0.15, 0.2) is 0 Å². The quantitative estimate of drug-likeness (QED) is 0.415. The third-order valence-electron chi connectivity index (χ3n) is 4.47. The van der Waals surface area contributed by atoms with Crippen LogP contribution >= 0.6 is 11.6 Å². The number of allylic oxidation sites excluding steroid dienone is 1. The van der Waals surface area contributed by atoms with Gasteiger partial charge < -0.3 is 5.11 Å². The van der Waals surface area contributed by atoms with Crippen LogP contribution in [0.15, 0.2) is 84.9 Å². The third kappa shape index (κ3) is 4.43. The summed E-state index contributed by atoms with van der Waals surface area (Å²) in [4.78, 5) is 0. The summed E-state index contributed by atoms with van der Waals surface area (Å²) in [6.07, 6.45) is 1.48. The van der Waals surface area contributed by atoms with Crippen molar-refractivity contribution in [2.45, 2.75) is 12.8 Å². The molecule has 3 aromatic carbocycles. The van der Waals surface area contributed by atoms with E-state index in [1.54, 1.807) is 0 Å². The number of aliphatic hydroxyl groups excluding tert-OH is 1. The van der Waals surface area contributed by atoms with Crippen molar-refractivity contribution in [1.82, 2.24) is 0 Å². The van der Waals surface area contributed by atoms with Gasteiger partial charge in [0.05, 0.1) is 0 Å². The van der Waals surface area contributed by atoms with E-state index in [9.17, 15) is 0 Å². The number of halogens is 1. The van der Waals surface area contributed by atoms with Crippen molar-refractivity contribution in [2.75, 3.05) is 12.5 Å². The van der Waals surface area contributed by atoms with E-state index in [2.05, 4.69) is 72.8 Å². The molecular formula is C24H23ClO. The molecule has 0 aromatic heterocycles. The molecule has 0 saturated carbocycles. The first-order valence-electron chi connectivity index (χ1n) is 8.93. The molecule has 1 N–H and O–H groups in total. The van der Waals surface area contributed by atoms with Crippen LogP contribution in [0.25, 0.3) is 11.1 Å². The van der Waals surface area contributed by atoms with Gasteiger partial charge in [0, 0.05) is 12.5 Å². The highest BCUT2D eigenvalue weighted by Crippen LogP contribution is 2.34. The Bertz CT molecular complexity index is 836. The van der Waals surface area contributed by atoms with Gasteiger partial charge in [0.25, 0.3) is 0 Å². The molecule has 1 nitrogen and oxygen atoms in total. The molecular weight excluding hydrogens is 340 g/mol. The van der Waals surface area contributed by atoms with Crippen molar-refractivity contribution in [3.8, 4) is 0 Å². The lowest BCUT2D eigenvalue weighted by atomic mass is 9.88. The van der Waals surface area contributed by atoms with E-state index in [1.165, 1.54) is 27.8 Å². The standard InChI is InChI=1S/C24H23ClO/c25-17-15-23(20-7-3-1-4-8-20)24(21-9-5-2-6-10-21)22-13-11-19(12-14-22)16-18-26/h1-14,26H,15-18H2/b24-23-. The van der Waals surface area contributed by atoms with Gasteiger partial charge in [-0.1, -0.05) is 84.9 Å². The minimum absolute atomic E-state index is 0.169. The van der Waals surface area contributed by atoms with E-state index < -0.39 is 0 Å². The Kier molecular flexibility index (Phi) is 6.65. The maximum atomic E-state index is 9.16. The van der Waals surface area contributed by atoms with Gasteiger partial charge >= 0.3 is 0 Å². The zero-order valence-corrected chi connectivity index (χ0v) is 15.5. The van der Waals surface area contributed by atoms with Crippen LogP contribution in [0.3, 0.4) is 0 Å². The molecule has 2 heteroatoms.